The first kappa shape index (κ1) is 13.9. The Balaban J connectivity index is 1.85. The van der Waals surface area contributed by atoms with E-state index in [0.29, 0.717) is 18.6 Å². The summed E-state index contributed by atoms with van der Waals surface area (Å²) in [7, 11) is 0. The summed E-state index contributed by atoms with van der Waals surface area (Å²) in [5.41, 5.74) is 8.82. The molecule has 2 heterocycles. The van der Waals surface area contributed by atoms with Gasteiger partial charge in [-0.15, -0.1) is 0 Å². The number of hydrogen-bond donors (Lipinski definition) is 1. The first-order valence-corrected chi connectivity index (χ1v) is 7.92. The Bertz CT molecular complexity index is 474. The van der Waals surface area contributed by atoms with Crippen LogP contribution in [-0.2, 0) is 6.42 Å². The molecule has 3 heteroatoms. The van der Waals surface area contributed by atoms with E-state index in [1.807, 2.05) is 0 Å². The number of fused-ring (bicyclic) bond motifs is 1. The molecular formula is C17H26N2O. The Labute approximate surface area is 122 Å². The number of likely N-dealkylation sites (tertiary alicyclic amines) is 1. The molecule has 0 amide bonds. The Morgan fingerprint density at radius 2 is 2.25 bits per heavy atom. The highest BCUT2D eigenvalue weighted by atomic mass is 16.5. The van der Waals surface area contributed by atoms with E-state index in [1.165, 1.54) is 30.5 Å². The lowest BCUT2D eigenvalue weighted by Gasteiger charge is -2.42. The van der Waals surface area contributed by atoms with Gasteiger partial charge in [0.05, 0.1) is 6.61 Å². The Morgan fingerprint density at radius 3 is 3.05 bits per heavy atom. The van der Waals surface area contributed by atoms with Crippen molar-refractivity contribution < 1.29 is 4.74 Å². The molecule has 110 valence electrons. The third-order valence-electron chi connectivity index (χ3n) is 5.14. The first-order valence-electron chi connectivity index (χ1n) is 7.92. The van der Waals surface area contributed by atoms with Gasteiger partial charge in [0, 0.05) is 25.0 Å². The van der Waals surface area contributed by atoms with E-state index >= 15 is 0 Å². The summed E-state index contributed by atoms with van der Waals surface area (Å²) in [5, 5.41) is 0. The fourth-order valence-electron chi connectivity index (χ4n) is 3.68. The summed E-state index contributed by atoms with van der Waals surface area (Å²) in [6, 6.07) is 7.60. The van der Waals surface area contributed by atoms with E-state index in [2.05, 4.69) is 36.9 Å². The maximum atomic E-state index is 6.12. The van der Waals surface area contributed by atoms with Crippen molar-refractivity contribution in [3.05, 3.63) is 29.3 Å². The highest BCUT2D eigenvalue weighted by Crippen LogP contribution is 2.34. The van der Waals surface area contributed by atoms with E-state index in [-0.39, 0.29) is 0 Å². The molecule has 1 aromatic carbocycles. The SMILES string of the molecule is CC1CCCN(C(CN)c2ccc3c(c2)CCO3)C1C. The summed E-state index contributed by atoms with van der Waals surface area (Å²) in [4.78, 5) is 2.60. The van der Waals surface area contributed by atoms with Crippen LogP contribution in [-0.4, -0.2) is 30.6 Å². The van der Waals surface area contributed by atoms with E-state index < -0.39 is 0 Å². The summed E-state index contributed by atoms with van der Waals surface area (Å²) in [6.45, 7) is 7.39. The van der Waals surface area contributed by atoms with Crippen molar-refractivity contribution in [1.29, 1.82) is 0 Å². The van der Waals surface area contributed by atoms with Crippen molar-refractivity contribution >= 4 is 0 Å². The van der Waals surface area contributed by atoms with Crippen LogP contribution in [0.2, 0.25) is 0 Å². The highest BCUT2D eigenvalue weighted by molar-refractivity contribution is 5.41. The summed E-state index contributed by atoms with van der Waals surface area (Å²) in [6.07, 6.45) is 3.66. The van der Waals surface area contributed by atoms with Crippen LogP contribution in [0.4, 0.5) is 0 Å². The molecule has 2 N–H and O–H groups in total. The molecule has 2 aliphatic rings. The normalized spacial score (nSPS) is 27.9. The minimum Gasteiger partial charge on any atom is -0.493 e. The number of nitrogens with two attached hydrogens (primary N) is 1. The van der Waals surface area contributed by atoms with Crippen LogP contribution in [0.15, 0.2) is 18.2 Å². The Hall–Kier alpha value is -1.06. The van der Waals surface area contributed by atoms with Crippen LogP contribution >= 0.6 is 0 Å². The molecule has 0 saturated carbocycles. The third-order valence-corrected chi connectivity index (χ3v) is 5.14. The van der Waals surface area contributed by atoms with Crippen molar-refractivity contribution in [2.24, 2.45) is 11.7 Å². The quantitative estimate of drug-likeness (QED) is 0.921. The van der Waals surface area contributed by atoms with Crippen LogP contribution in [0.5, 0.6) is 5.75 Å². The molecule has 2 aliphatic heterocycles. The van der Waals surface area contributed by atoms with Gasteiger partial charge in [-0.3, -0.25) is 4.90 Å². The van der Waals surface area contributed by atoms with Gasteiger partial charge in [0.1, 0.15) is 5.75 Å². The van der Waals surface area contributed by atoms with Gasteiger partial charge in [0.15, 0.2) is 0 Å². The van der Waals surface area contributed by atoms with E-state index in [0.717, 1.165) is 24.7 Å². The Kier molecular flexibility index (Phi) is 3.99. The molecule has 1 saturated heterocycles. The van der Waals surface area contributed by atoms with Crippen molar-refractivity contribution in [3.63, 3.8) is 0 Å². The lowest BCUT2D eigenvalue weighted by Crippen LogP contribution is -2.46. The maximum absolute atomic E-state index is 6.12. The molecule has 3 atom stereocenters. The smallest absolute Gasteiger partial charge is 0.122 e. The average molecular weight is 274 g/mol. The standard InChI is InChI=1S/C17H26N2O/c1-12-4-3-8-19(13(12)2)16(11-18)14-5-6-17-15(10-14)7-9-20-17/h5-6,10,12-13,16H,3-4,7-9,11,18H2,1-2H3. The first-order chi connectivity index (χ1) is 9.70. The highest BCUT2D eigenvalue weighted by Gasteiger charge is 2.30. The van der Waals surface area contributed by atoms with Crippen LogP contribution < -0.4 is 10.5 Å². The zero-order chi connectivity index (χ0) is 14.1. The summed E-state index contributed by atoms with van der Waals surface area (Å²) in [5.74, 6) is 1.82. The van der Waals surface area contributed by atoms with Gasteiger partial charge >= 0.3 is 0 Å². The predicted molar refractivity (Wildman–Crippen MR) is 82.0 cm³/mol. The van der Waals surface area contributed by atoms with Crippen molar-refractivity contribution in [2.75, 3.05) is 19.7 Å². The van der Waals surface area contributed by atoms with Crippen LogP contribution in [0.1, 0.15) is 43.9 Å². The topological polar surface area (TPSA) is 38.5 Å². The largest absolute Gasteiger partial charge is 0.493 e. The molecule has 0 aliphatic carbocycles. The summed E-state index contributed by atoms with van der Waals surface area (Å²) >= 11 is 0. The fourth-order valence-corrected chi connectivity index (χ4v) is 3.68. The van der Waals surface area contributed by atoms with Crippen LogP contribution in [0.25, 0.3) is 0 Å². The second-order valence-electron chi connectivity index (χ2n) is 6.32. The molecule has 3 unspecified atom stereocenters. The zero-order valence-corrected chi connectivity index (χ0v) is 12.6. The monoisotopic (exact) mass is 274 g/mol. The van der Waals surface area contributed by atoms with Gasteiger partial charge in [-0.05, 0) is 49.4 Å². The summed E-state index contributed by atoms with van der Waals surface area (Å²) < 4.78 is 5.61. The lowest BCUT2D eigenvalue weighted by atomic mass is 9.89. The van der Waals surface area contributed by atoms with E-state index in [4.69, 9.17) is 10.5 Å². The number of ether oxygens (including phenoxy) is 1. The van der Waals surface area contributed by atoms with Gasteiger partial charge in [0.25, 0.3) is 0 Å². The zero-order valence-electron chi connectivity index (χ0n) is 12.6. The van der Waals surface area contributed by atoms with E-state index in [9.17, 15) is 0 Å². The molecule has 1 aromatic rings. The minimum atomic E-state index is 0.346. The third kappa shape index (κ3) is 2.45. The van der Waals surface area contributed by atoms with Gasteiger partial charge in [0.2, 0.25) is 0 Å². The second-order valence-corrected chi connectivity index (χ2v) is 6.32. The maximum Gasteiger partial charge on any atom is 0.122 e. The molecule has 0 radical (unpaired) electrons. The molecule has 3 rings (SSSR count). The van der Waals surface area contributed by atoms with Gasteiger partial charge in [-0.25, -0.2) is 0 Å². The number of benzene rings is 1. The lowest BCUT2D eigenvalue weighted by molar-refractivity contribution is 0.0709. The number of hydrogen-bond acceptors (Lipinski definition) is 3. The minimum absolute atomic E-state index is 0.346. The van der Waals surface area contributed by atoms with E-state index in [1.54, 1.807) is 0 Å². The fraction of sp³-hybridized carbons (Fsp3) is 0.647. The molecule has 0 aromatic heterocycles. The van der Waals surface area contributed by atoms with Crippen molar-refractivity contribution in [2.45, 2.75) is 45.2 Å². The van der Waals surface area contributed by atoms with Gasteiger partial charge < -0.3 is 10.5 Å². The molecule has 1 fully saturated rings. The Morgan fingerprint density at radius 1 is 1.40 bits per heavy atom. The van der Waals surface area contributed by atoms with Crippen LogP contribution in [0.3, 0.4) is 0 Å². The predicted octanol–water partition coefficient (Wildman–Crippen LogP) is 2.74. The van der Waals surface area contributed by atoms with Crippen LogP contribution in [0, 0.1) is 5.92 Å². The van der Waals surface area contributed by atoms with Crippen molar-refractivity contribution in [3.8, 4) is 5.75 Å². The molecule has 20 heavy (non-hydrogen) atoms. The number of piperidine rings is 1. The number of rotatable bonds is 3. The van der Waals surface area contributed by atoms with Crippen molar-refractivity contribution in [1.82, 2.24) is 4.90 Å². The average Bonchev–Trinajstić information content (AvgIpc) is 2.92. The number of nitrogens with zero attached hydrogens (tertiary/aromatic N) is 1. The molecule has 0 spiro atoms. The molecule has 3 nitrogen and oxygen atoms in total. The van der Waals surface area contributed by atoms with Gasteiger partial charge in [-0.2, -0.15) is 0 Å². The molecular weight excluding hydrogens is 248 g/mol. The molecule has 0 bridgehead atoms. The second kappa shape index (κ2) is 5.74. The van der Waals surface area contributed by atoms with Gasteiger partial charge in [-0.1, -0.05) is 19.1 Å².